The van der Waals surface area contributed by atoms with Crippen molar-refractivity contribution in [3.63, 3.8) is 0 Å². The van der Waals surface area contributed by atoms with Crippen molar-refractivity contribution in [1.29, 1.82) is 0 Å². The molecule has 13 heteroatoms. The van der Waals surface area contributed by atoms with Crippen molar-refractivity contribution in [2.24, 2.45) is 12.2 Å². The first-order chi connectivity index (χ1) is 17.1. The van der Waals surface area contributed by atoms with E-state index in [1.54, 1.807) is 19.3 Å². The molecule has 0 aliphatic carbocycles. The number of nitrogens with zero attached hydrogens (tertiary/aromatic N) is 5. The summed E-state index contributed by atoms with van der Waals surface area (Å²) >= 11 is 0. The van der Waals surface area contributed by atoms with Crippen molar-refractivity contribution in [3.8, 4) is 0 Å². The topological polar surface area (TPSA) is 155 Å². The van der Waals surface area contributed by atoms with E-state index in [-0.39, 0.29) is 5.03 Å². The molecular weight excluding hydrogens is 490 g/mol. The summed E-state index contributed by atoms with van der Waals surface area (Å²) in [7, 11) is -0.540. The minimum absolute atomic E-state index is 0.00733. The first kappa shape index (κ1) is 26.9. The number of piperidine rings is 1. The Morgan fingerprint density at radius 1 is 1.06 bits per heavy atom. The van der Waals surface area contributed by atoms with Gasteiger partial charge in [0.1, 0.15) is 12.3 Å². The van der Waals surface area contributed by atoms with E-state index in [0.29, 0.717) is 41.3 Å². The molecule has 12 nitrogen and oxygen atoms in total. The number of carboxylic acid groups (broad SMARTS) is 2. The Hall–Kier alpha value is -3.71. The fraction of sp³-hybridized carbons (Fsp3) is 0.391. The van der Waals surface area contributed by atoms with Crippen molar-refractivity contribution in [3.05, 3.63) is 53.7 Å². The number of hydrogen-bond donors (Lipinski definition) is 2. The molecule has 0 atom stereocenters. The molecule has 2 aliphatic heterocycles. The Balaban J connectivity index is 0.000000392. The van der Waals surface area contributed by atoms with E-state index in [4.69, 9.17) is 15.1 Å². The van der Waals surface area contributed by atoms with Gasteiger partial charge in [-0.3, -0.25) is 13.9 Å². The second kappa shape index (κ2) is 11.8. The molecule has 3 heterocycles. The van der Waals surface area contributed by atoms with Crippen LogP contribution < -0.4 is 4.31 Å². The van der Waals surface area contributed by atoms with Crippen LogP contribution in [0.3, 0.4) is 0 Å². The number of oxime groups is 1. The predicted molar refractivity (Wildman–Crippen MR) is 132 cm³/mol. The maximum Gasteiger partial charge on any atom is 0.328 e. The molecule has 0 amide bonds. The normalized spacial score (nSPS) is 18.1. The summed E-state index contributed by atoms with van der Waals surface area (Å²) in [6.45, 7) is 3.47. The van der Waals surface area contributed by atoms with Gasteiger partial charge in [-0.05, 0) is 32.0 Å². The Kier molecular flexibility index (Phi) is 8.83. The summed E-state index contributed by atoms with van der Waals surface area (Å²) < 4.78 is 28.8. The number of aromatic nitrogens is 2. The third-order valence-corrected chi connectivity index (χ3v) is 7.33. The van der Waals surface area contributed by atoms with Crippen molar-refractivity contribution in [2.75, 3.05) is 37.6 Å². The summed E-state index contributed by atoms with van der Waals surface area (Å²) in [4.78, 5) is 27.1. The molecular formula is C23H29N5O7S. The largest absolute Gasteiger partial charge is 0.478 e. The monoisotopic (exact) mass is 519 g/mol. The second-order valence-corrected chi connectivity index (χ2v) is 10.1. The summed E-state index contributed by atoms with van der Waals surface area (Å²) in [6.07, 6.45) is 6.54. The zero-order valence-electron chi connectivity index (χ0n) is 20.1. The maximum absolute atomic E-state index is 13.0. The molecule has 194 valence electrons. The summed E-state index contributed by atoms with van der Waals surface area (Å²) in [5.74, 6) is -2.51. The Bertz CT molecular complexity index is 1250. The lowest BCUT2D eigenvalue weighted by molar-refractivity contribution is -0.134. The lowest BCUT2D eigenvalue weighted by atomic mass is 10.0. The highest BCUT2D eigenvalue weighted by Crippen LogP contribution is 2.33. The molecule has 1 aromatic carbocycles. The third kappa shape index (κ3) is 6.49. The average Bonchev–Trinajstić information content (AvgIpc) is 3.23. The highest BCUT2D eigenvalue weighted by atomic mass is 32.2. The molecule has 0 bridgehead atoms. The summed E-state index contributed by atoms with van der Waals surface area (Å²) in [6, 6.07) is 7.30. The molecule has 1 fully saturated rings. The van der Waals surface area contributed by atoms with Gasteiger partial charge in [0.15, 0.2) is 0 Å². The van der Waals surface area contributed by atoms with Gasteiger partial charge in [-0.1, -0.05) is 29.8 Å². The van der Waals surface area contributed by atoms with E-state index in [0.717, 1.165) is 19.6 Å². The van der Waals surface area contributed by atoms with Crippen LogP contribution >= 0.6 is 0 Å². The van der Waals surface area contributed by atoms with Crippen LogP contribution in [0.15, 0.2) is 52.8 Å². The number of aryl methyl sites for hydroxylation is 1. The minimum Gasteiger partial charge on any atom is -0.478 e. The van der Waals surface area contributed by atoms with E-state index >= 15 is 0 Å². The number of benzene rings is 1. The van der Waals surface area contributed by atoms with Gasteiger partial charge in [-0.15, -0.1) is 0 Å². The molecule has 4 rings (SSSR count). The number of fused-ring (bicyclic) bond motifs is 2. The SMILES string of the molecule is CN1c2ccccc2/C(=N\OCCN2CCCCC2)c2cn(C)nc2S1(=O)=O.O=C(O)/C=C/C(=O)O. The van der Waals surface area contributed by atoms with Gasteiger partial charge in [0, 0.05) is 44.6 Å². The van der Waals surface area contributed by atoms with Crippen molar-refractivity contribution in [2.45, 2.75) is 24.3 Å². The Morgan fingerprint density at radius 3 is 2.33 bits per heavy atom. The minimum atomic E-state index is -3.77. The Labute approximate surface area is 209 Å². The first-order valence-corrected chi connectivity index (χ1v) is 12.7. The molecule has 36 heavy (non-hydrogen) atoms. The molecule has 0 spiro atoms. The van der Waals surface area contributed by atoms with Crippen LogP contribution in [-0.4, -0.2) is 84.3 Å². The van der Waals surface area contributed by atoms with Gasteiger partial charge in [0.05, 0.1) is 11.3 Å². The standard InChI is InChI=1S/C19H25N5O3S.C4H4O4/c1-22-14-16-18(21-27-13-12-24-10-6-3-7-11-24)15-8-4-5-9-17(15)23(2)28(25,26)19(16)20-22;5-3(6)1-2-4(7)8/h4-5,8-9,14H,3,6-7,10-13H2,1-2H3;1-2H,(H,5,6)(H,7,8)/b21-18+;2-1+. The maximum atomic E-state index is 13.0. The van der Waals surface area contributed by atoms with Gasteiger partial charge in [0.2, 0.25) is 5.03 Å². The third-order valence-electron chi connectivity index (χ3n) is 5.63. The van der Waals surface area contributed by atoms with Crippen LogP contribution in [-0.2, 0) is 31.5 Å². The molecule has 0 unspecified atom stereocenters. The zero-order chi connectivity index (χ0) is 26.3. The van der Waals surface area contributed by atoms with E-state index in [9.17, 15) is 18.0 Å². The van der Waals surface area contributed by atoms with E-state index in [1.165, 1.54) is 35.3 Å². The predicted octanol–water partition coefficient (Wildman–Crippen LogP) is 1.53. The number of carboxylic acids is 2. The fourth-order valence-electron chi connectivity index (χ4n) is 3.88. The van der Waals surface area contributed by atoms with Crippen LogP contribution in [0.4, 0.5) is 5.69 Å². The number of rotatable bonds is 6. The average molecular weight is 520 g/mol. The van der Waals surface area contributed by atoms with Crippen molar-refractivity contribution < 1.29 is 33.1 Å². The molecule has 1 aromatic heterocycles. The molecule has 2 aliphatic rings. The van der Waals surface area contributed by atoms with Crippen LogP contribution in [0.1, 0.15) is 30.4 Å². The number of hydrogen-bond acceptors (Lipinski definition) is 8. The van der Waals surface area contributed by atoms with Crippen LogP contribution in [0.25, 0.3) is 0 Å². The molecule has 2 N–H and O–H groups in total. The lowest BCUT2D eigenvalue weighted by Crippen LogP contribution is -2.32. The Morgan fingerprint density at radius 2 is 1.69 bits per heavy atom. The van der Waals surface area contributed by atoms with Gasteiger partial charge < -0.3 is 15.1 Å². The first-order valence-electron chi connectivity index (χ1n) is 11.3. The zero-order valence-corrected chi connectivity index (χ0v) is 20.9. The number of anilines is 1. The number of aliphatic carboxylic acids is 2. The quantitative estimate of drug-likeness (QED) is 0.328. The van der Waals surface area contributed by atoms with E-state index < -0.39 is 22.0 Å². The number of sulfonamides is 1. The van der Waals surface area contributed by atoms with Crippen LogP contribution in [0, 0.1) is 0 Å². The molecule has 1 saturated heterocycles. The fourth-order valence-corrected chi connectivity index (χ4v) is 5.21. The molecule has 0 radical (unpaired) electrons. The summed E-state index contributed by atoms with van der Waals surface area (Å²) in [5, 5.41) is 24.2. The van der Waals surface area contributed by atoms with Crippen LogP contribution in [0.2, 0.25) is 0 Å². The van der Waals surface area contributed by atoms with Crippen molar-refractivity contribution >= 4 is 33.4 Å². The highest BCUT2D eigenvalue weighted by molar-refractivity contribution is 7.92. The van der Waals surface area contributed by atoms with Gasteiger partial charge >= 0.3 is 11.9 Å². The smallest absolute Gasteiger partial charge is 0.328 e. The second-order valence-electron chi connectivity index (χ2n) is 8.20. The number of para-hydroxylation sites is 1. The van der Waals surface area contributed by atoms with E-state index in [2.05, 4.69) is 15.2 Å². The van der Waals surface area contributed by atoms with Gasteiger partial charge in [-0.2, -0.15) is 13.5 Å². The van der Waals surface area contributed by atoms with Crippen molar-refractivity contribution in [1.82, 2.24) is 14.7 Å². The number of likely N-dealkylation sites (tertiary alicyclic amines) is 1. The van der Waals surface area contributed by atoms with Gasteiger partial charge in [-0.25, -0.2) is 9.59 Å². The number of carbonyl (C=O) groups is 2. The lowest BCUT2D eigenvalue weighted by Gasteiger charge is -2.25. The molecule has 0 saturated carbocycles. The molecule has 2 aromatic rings. The van der Waals surface area contributed by atoms with Crippen LogP contribution in [0.5, 0.6) is 0 Å². The van der Waals surface area contributed by atoms with E-state index in [1.807, 2.05) is 18.2 Å². The summed E-state index contributed by atoms with van der Waals surface area (Å²) in [5.41, 5.74) is 2.21. The van der Waals surface area contributed by atoms with Gasteiger partial charge in [0.25, 0.3) is 10.0 Å². The highest BCUT2D eigenvalue weighted by Gasteiger charge is 2.36.